The first-order chi connectivity index (χ1) is 8.58. The van der Waals surface area contributed by atoms with Crippen LogP contribution in [0.25, 0.3) is 0 Å². The number of hydrogen-bond donors (Lipinski definition) is 1. The van der Waals surface area contributed by atoms with Crippen LogP contribution in [0.2, 0.25) is 0 Å². The molecule has 0 unspecified atom stereocenters. The van der Waals surface area contributed by atoms with Gasteiger partial charge in [0.25, 0.3) is 0 Å². The molecule has 5 heteroatoms. The van der Waals surface area contributed by atoms with Crippen molar-refractivity contribution in [2.45, 2.75) is 33.6 Å². The van der Waals surface area contributed by atoms with Gasteiger partial charge in [0.1, 0.15) is 11.6 Å². The maximum atomic E-state index is 5.36. The molecule has 4 nitrogen and oxygen atoms in total. The molecule has 1 rings (SSSR count). The summed E-state index contributed by atoms with van der Waals surface area (Å²) in [4.78, 5) is 9.18. The zero-order chi connectivity index (χ0) is 13.5. The molecule has 1 aromatic rings. The van der Waals surface area contributed by atoms with Crippen molar-refractivity contribution in [2.24, 2.45) is 5.92 Å². The zero-order valence-corrected chi connectivity index (χ0v) is 13.7. The van der Waals surface area contributed by atoms with Crippen molar-refractivity contribution < 1.29 is 4.74 Å². The predicted molar refractivity (Wildman–Crippen MR) is 83.0 cm³/mol. The fourth-order valence-corrected chi connectivity index (χ4v) is 2.38. The largest absolute Gasteiger partial charge is 0.381 e. The lowest BCUT2D eigenvalue weighted by molar-refractivity contribution is 0.149. The Balaban J connectivity index is 2.90. The van der Waals surface area contributed by atoms with E-state index in [0.29, 0.717) is 12.5 Å². The second-order valence-electron chi connectivity index (χ2n) is 4.54. The summed E-state index contributed by atoms with van der Waals surface area (Å²) in [5, 5.41) is 3.14. The highest BCUT2D eigenvalue weighted by Gasteiger charge is 2.12. The quantitative estimate of drug-likeness (QED) is 0.598. The van der Waals surface area contributed by atoms with E-state index in [0.717, 1.165) is 40.4 Å². The van der Waals surface area contributed by atoms with Gasteiger partial charge in [-0.05, 0) is 41.9 Å². The third-order valence-electron chi connectivity index (χ3n) is 2.48. The van der Waals surface area contributed by atoms with Gasteiger partial charge in [0.05, 0.1) is 15.9 Å². The van der Waals surface area contributed by atoms with Crippen LogP contribution in [0, 0.1) is 9.49 Å². The number of halogens is 1. The maximum Gasteiger partial charge on any atom is 0.143 e. The molecule has 0 bridgehead atoms. The highest BCUT2D eigenvalue weighted by molar-refractivity contribution is 14.1. The molecular weight excluding hydrogens is 341 g/mol. The molecule has 0 aromatic carbocycles. The number of nitrogens with zero attached hydrogens (tertiary/aromatic N) is 2. The van der Waals surface area contributed by atoms with E-state index in [1.54, 1.807) is 0 Å². The first kappa shape index (κ1) is 15.6. The Morgan fingerprint density at radius 2 is 2.06 bits per heavy atom. The van der Waals surface area contributed by atoms with Gasteiger partial charge in [-0.3, -0.25) is 0 Å². The monoisotopic (exact) mass is 363 g/mol. The van der Waals surface area contributed by atoms with E-state index in [2.05, 4.69) is 51.7 Å². The van der Waals surface area contributed by atoms with Gasteiger partial charge in [-0.15, -0.1) is 0 Å². The minimum absolute atomic E-state index is 0.595. The Morgan fingerprint density at radius 1 is 1.33 bits per heavy atom. The van der Waals surface area contributed by atoms with Crippen LogP contribution >= 0.6 is 22.6 Å². The predicted octanol–water partition coefficient (Wildman–Crippen LogP) is 2.90. The minimum atomic E-state index is 0.595. The third kappa shape index (κ3) is 4.68. The van der Waals surface area contributed by atoms with Crippen molar-refractivity contribution >= 4 is 28.4 Å². The summed E-state index contributed by atoms with van der Waals surface area (Å²) in [6.07, 6.45) is 1.75. The highest BCUT2D eigenvalue weighted by Crippen LogP contribution is 2.21. The van der Waals surface area contributed by atoms with Gasteiger partial charge in [0.2, 0.25) is 0 Å². The van der Waals surface area contributed by atoms with Gasteiger partial charge in [-0.25, -0.2) is 9.97 Å². The van der Waals surface area contributed by atoms with Crippen LogP contribution in [0.15, 0.2) is 0 Å². The fourth-order valence-electron chi connectivity index (χ4n) is 1.65. The van der Waals surface area contributed by atoms with Crippen molar-refractivity contribution in [1.82, 2.24) is 9.97 Å². The molecule has 0 aliphatic heterocycles. The van der Waals surface area contributed by atoms with Crippen LogP contribution in [0.3, 0.4) is 0 Å². The van der Waals surface area contributed by atoms with Crippen LogP contribution in [0.4, 0.5) is 5.82 Å². The molecule has 1 aromatic heterocycles. The summed E-state index contributed by atoms with van der Waals surface area (Å²) in [7, 11) is 1.90. The smallest absolute Gasteiger partial charge is 0.143 e. The number of aromatic nitrogens is 2. The lowest BCUT2D eigenvalue weighted by Crippen LogP contribution is -2.11. The topological polar surface area (TPSA) is 47.0 Å². The van der Waals surface area contributed by atoms with Crippen LogP contribution < -0.4 is 5.32 Å². The van der Waals surface area contributed by atoms with Crippen molar-refractivity contribution in [3.05, 3.63) is 15.1 Å². The first-order valence-corrected chi connectivity index (χ1v) is 7.47. The first-order valence-electron chi connectivity index (χ1n) is 6.39. The summed E-state index contributed by atoms with van der Waals surface area (Å²) in [6.45, 7) is 7.83. The fraction of sp³-hybridized carbons (Fsp3) is 0.692. The third-order valence-corrected chi connectivity index (χ3v) is 3.61. The summed E-state index contributed by atoms with van der Waals surface area (Å²) >= 11 is 2.32. The summed E-state index contributed by atoms with van der Waals surface area (Å²) in [5.41, 5.74) is 1.14. The lowest BCUT2D eigenvalue weighted by atomic mass is 10.1. The molecule has 0 saturated heterocycles. The van der Waals surface area contributed by atoms with E-state index in [9.17, 15) is 0 Å². The number of anilines is 1. The second kappa shape index (κ2) is 7.89. The van der Waals surface area contributed by atoms with Crippen LogP contribution in [0.5, 0.6) is 0 Å². The Morgan fingerprint density at radius 3 is 2.61 bits per heavy atom. The molecule has 0 aliphatic carbocycles. The number of ether oxygens (including phenoxy) is 1. The molecule has 1 N–H and O–H groups in total. The Kier molecular flexibility index (Phi) is 6.85. The van der Waals surface area contributed by atoms with E-state index in [4.69, 9.17) is 4.74 Å². The maximum absolute atomic E-state index is 5.36. The SMILES string of the molecule is CCOCCc1nc(CC(C)C)c(I)c(NC)n1. The van der Waals surface area contributed by atoms with E-state index in [1.165, 1.54) is 0 Å². The number of rotatable bonds is 7. The number of nitrogens with one attached hydrogen (secondary N) is 1. The van der Waals surface area contributed by atoms with E-state index >= 15 is 0 Å². The van der Waals surface area contributed by atoms with Crippen molar-refractivity contribution in [3.8, 4) is 0 Å². The molecule has 0 spiro atoms. The molecule has 0 saturated carbocycles. The lowest BCUT2D eigenvalue weighted by Gasteiger charge is -2.12. The van der Waals surface area contributed by atoms with Gasteiger partial charge < -0.3 is 10.1 Å². The summed E-state index contributed by atoms with van der Waals surface area (Å²) in [5.74, 6) is 2.38. The van der Waals surface area contributed by atoms with Gasteiger partial charge in [0.15, 0.2) is 0 Å². The second-order valence-corrected chi connectivity index (χ2v) is 5.62. The van der Waals surface area contributed by atoms with Crippen molar-refractivity contribution in [3.63, 3.8) is 0 Å². The van der Waals surface area contributed by atoms with Crippen LogP contribution in [0.1, 0.15) is 32.3 Å². The standard InChI is InChI=1S/C13H22IN3O/c1-5-18-7-6-11-16-10(8-9(2)3)12(14)13(15-4)17-11/h9H,5-8H2,1-4H3,(H,15,16,17). The van der Waals surface area contributed by atoms with E-state index in [-0.39, 0.29) is 0 Å². The normalized spacial score (nSPS) is 11.0. The molecular formula is C13H22IN3O. The van der Waals surface area contributed by atoms with Crippen LogP contribution in [-0.2, 0) is 17.6 Å². The Labute approximate surface area is 123 Å². The van der Waals surface area contributed by atoms with Gasteiger partial charge in [-0.1, -0.05) is 13.8 Å². The molecule has 18 heavy (non-hydrogen) atoms. The van der Waals surface area contributed by atoms with E-state index in [1.807, 2.05) is 14.0 Å². The van der Waals surface area contributed by atoms with Crippen LogP contribution in [-0.4, -0.2) is 30.2 Å². The summed E-state index contributed by atoms with van der Waals surface area (Å²) in [6, 6.07) is 0. The number of hydrogen-bond acceptors (Lipinski definition) is 4. The van der Waals surface area contributed by atoms with Gasteiger partial charge >= 0.3 is 0 Å². The molecule has 0 atom stereocenters. The minimum Gasteiger partial charge on any atom is -0.381 e. The van der Waals surface area contributed by atoms with Gasteiger partial charge in [-0.2, -0.15) is 0 Å². The molecule has 1 heterocycles. The zero-order valence-electron chi connectivity index (χ0n) is 11.6. The van der Waals surface area contributed by atoms with Gasteiger partial charge in [0, 0.05) is 20.1 Å². The summed E-state index contributed by atoms with van der Waals surface area (Å²) < 4.78 is 6.49. The molecule has 0 aliphatic rings. The van der Waals surface area contributed by atoms with Crippen molar-refractivity contribution in [2.75, 3.05) is 25.6 Å². The molecule has 0 radical (unpaired) electrons. The molecule has 0 amide bonds. The Hall–Kier alpha value is -0.430. The van der Waals surface area contributed by atoms with Crippen molar-refractivity contribution in [1.29, 1.82) is 0 Å². The van der Waals surface area contributed by atoms with E-state index < -0.39 is 0 Å². The molecule has 0 fully saturated rings. The molecule has 102 valence electrons. The average molecular weight is 363 g/mol. The Bertz CT molecular complexity index is 383. The highest BCUT2D eigenvalue weighted by atomic mass is 127. The average Bonchev–Trinajstić information content (AvgIpc) is 2.32.